The van der Waals surface area contributed by atoms with Gasteiger partial charge in [-0.3, -0.25) is 9.48 Å². The lowest BCUT2D eigenvalue weighted by Gasteiger charge is -2.35. The Hall–Kier alpha value is -2.83. The Morgan fingerprint density at radius 1 is 1.10 bits per heavy atom. The number of amides is 1. The third-order valence-corrected chi connectivity index (χ3v) is 5.12. The lowest BCUT2D eigenvalue weighted by molar-refractivity contribution is -0.154. The number of halogens is 3. The first kappa shape index (κ1) is 20.9. The zero-order chi connectivity index (χ0) is 21.2. The number of nitrogens with zero attached hydrogens (tertiary/aromatic N) is 2. The lowest BCUT2D eigenvalue weighted by Crippen LogP contribution is -2.39. The molecule has 3 aromatic rings. The maximum Gasteiger partial charge on any atom is 0.397 e. The molecule has 1 heterocycles. The molecule has 0 aliphatic heterocycles. The first-order valence-corrected chi connectivity index (χ1v) is 9.37. The number of rotatable bonds is 6. The van der Waals surface area contributed by atoms with Gasteiger partial charge in [-0.1, -0.05) is 50.2 Å². The topological polar surface area (TPSA) is 46.9 Å². The van der Waals surface area contributed by atoms with E-state index in [1.54, 1.807) is 10.9 Å². The largest absolute Gasteiger partial charge is 0.397 e. The Bertz CT molecular complexity index is 993. The molecule has 0 fully saturated rings. The monoisotopic (exact) mass is 403 g/mol. The molecule has 1 N–H and O–H groups in total. The van der Waals surface area contributed by atoms with Crippen molar-refractivity contribution in [1.29, 1.82) is 0 Å². The minimum Gasteiger partial charge on any atom is -0.355 e. The second-order valence-corrected chi connectivity index (χ2v) is 7.99. The van der Waals surface area contributed by atoms with Crippen molar-refractivity contribution in [2.75, 3.05) is 6.54 Å². The van der Waals surface area contributed by atoms with Gasteiger partial charge in [0.2, 0.25) is 5.91 Å². The zero-order valence-electron chi connectivity index (χ0n) is 16.6. The van der Waals surface area contributed by atoms with Crippen LogP contribution in [0.4, 0.5) is 13.2 Å². The van der Waals surface area contributed by atoms with Gasteiger partial charge in [-0.05, 0) is 28.7 Å². The second-order valence-electron chi connectivity index (χ2n) is 7.99. The molecule has 154 valence electrons. The van der Waals surface area contributed by atoms with Gasteiger partial charge in [-0.15, -0.1) is 0 Å². The highest BCUT2D eigenvalue weighted by atomic mass is 19.4. The van der Waals surface area contributed by atoms with E-state index in [0.29, 0.717) is 0 Å². The van der Waals surface area contributed by atoms with Gasteiger partial charge in [0.05, 0.1) is 11.7 Å². The quantitative estimate of drug-likeness (QED) is 0.643. The van der Waals surface area contributed by atoms with Crippen molar-refractivity contribution in [3.63, 3.8) is 0 Å². The fraction of sp³-hybridized carbons (Fsp3) is 0.364. The maximum atomic E-state index is 12.5. The van der Waals surface area contributed by atoms with E-state index in [4.69, 9.17) is 0 Å². The Morgan fingerprint density at radius 2 is 1.79 bits per heavy atom. The van der Waals surface area contributed by atoms with Crippen LogP contribution in [-0.2, 0) is 11.8 Å². The molecule has 2 aromatic carbocycles. The molecule has 0 spiro atoms. The highest BCUT2D eigenvalue weighted by Crippen LogP contribution is 2.41. The van der Waals surface area contributed by atoms with Gasteiger partial charge < -0.3 is 5.32 Å². The standard InChI is InChI=1S/C22H24F3N3O/c1-21(2,14-26-19(29)12-22(23,24)25)20(15-7-5-4-6-8-15)16-9-10-18-17(11-16)13-27-28(18)3/h4-11,13,20H,12,14H2,1-3H3,(H,26,29). The summed E-state index contributed by atoms with van der Waals surface area (Å²) < 4.78 is 39.3. The Balaban J connectivity index is 1.93. The van der Waals surface area contributed by atoms with Crippen LogP contribution in [-0.4, -0.2) is 28.4 Å². The summed E-state index contributed by atoms with van der Waals surface area (Å²) in [5, 5.41) is 7.73. The van der Waals surface area contributed by atoms with Crippen LogP contribution in [0.25, 0.3) is 10.9 Å². The number of aryl methyl sites for hydroxylation is 1. The third kappa shape index (κ3) is 4.96. The van der Waals surface area contributed by atoms with E-state index in [0.717, 1.165) is 22.0 Å². The van der Waals surface area contributed by atoms with Crippen molar-refractivity contribution in [3.8, 4) is 0 Å². The van der Waals surface area contributed by atoms with Crippen LogP contribution in [0.2, 0.25) is 0 Å². The van der Waals surface area contributed by atoms with Crippen LogP contribution in [0.15, 0.2) is 54.7 Å². The minimum atomic E-state index is -4.52. The van der Waals surface area contributed by atoms with Crippen molar-refractivity contribution in [1.82, 2.24) is 15.1 Å². The molecule has 0 radical (unpaired) electrons. The van der Waals surface area contributed by atoms with Crippen LogP contribution in [0.5, 0.6) is 0 Å². The van der Waals surface area contributed by atoms with Gasteiger partial charge in [0.15, 0.2) is 0 Å². The number of carbonyl (C=O) groups is 1. The van der Waals surface area contributed by atoms with Crippen molar-refractivity contribution >= 4 is 16.8 Å². The van der Waals surface area contributed by atoms with Crippen LogP contribution in [0, 0.1) is 5.41 Å². The van der Waals surface area contributed by atoms with Crippen LogP contribution >= 0.6 is 0 Å². The molecule has 3 rings (SSSR count). The fourth-order valence-electron chi connectivity index (χ4n) is 3.77. The van der Waals surface area contributed by atoms with Gasteiger partial charge in [-0.25, -0.2) is 0 Å². The Labute approximate surface area is 167 Å². The Kier molecular flexibility index (Phi) is 5.68. The fourth-order valence-corrected chi connectivity index (χ4v) is 3.77. The maximum absolute atomic E-state index is 12.5. The smallest absolute Gasteiger partial charge is 0.355 e. The number of nitrogens with one attached hydrogen (secondary N) is 1. The molecular formula is C22H24F3N3O. The predicted octanol–water partition coefficient (Wildman–Crippen LogP) is 4.80. The van der Waals surface area contributed by atoms with Crippen molar-refractivity contribution < 1.29 is 18.0 Å². The first-order chi connectivity index (χ1) is 13.6. The molecule has 0 saturated heterocycles. The molecule has 4 nitrogen and oxygen atoms in total. The normalized spacial score (nSPS) is 13.4. The molecule has 7 heteroatoms. The molecule has 0 aliphatic rings. The summed E-state index contributed by atoms with van der Waals surface area (Å²) in [7, 11) is 1.87. The molecule has 1 atom stereocenters. The minimum absolute atomic E-state index is 0.118. The molecule has 0 bridgehead atoms. The molecule has 29 heavy (non-hydrogen) atoms. The lowest BCUT2D eigenvalue weighted by atomic mass is 9.71. The number of alkyl halides is 3. The molecule has 1 aromatic heterocycles. The molecule has 0 saturated carbocycles. The predicted molar refractivity (Wildman–Crippen MR) is 106 cm³/mol. The van der Waals surface area contributed by atoms with Crippen molar-refractivity contribution in [2.24, 2.45) is 12.5 Å². The average molecular weight is 403 g/mol. The summed E-state index contributed by atoms with van der Waals surface area (Å²) in [6.45, 7) is 4.02. The van der Waals surface area contributed by atoms with Gasteiger partial charge in [0.1, 0.15) is 6.42 Å². The molecule has 1 amide bonds. The number of aromatic nitrogens is 2. The van der Waals surface area contributed by atoms with E-state index in [-0.39, 0.29) is 12.5 Å². The van der Waals surface area contributed by atoms with Crippen LogP contribution < -0.4 is 5.32 Å². The van der Waals surface area contributed by atoms with E-state index in [9.17, 15) is 18.0 Å². The second kappa shape index (κ2) is 7.89. The summed E-state index contributed by atoms with van der Waals surface area (Å²) in [6.07, 6.45) is -4.20. The van der Waals surface area contributed by atoms with Crippen LogP contribution in [0.3, 0.4) is 0 Å². The van der Waals surface area contributed by atoms with Gasteiger partial charge in [-0.2, -0.15) is 18.3 Å². The molecular weight excluding hydrogens is 379 g/mol. The number of carbonyl (C=O) groups excluding carboxylic acids is 1. The molecule has 0 aliphatic carbocycles. The van der Waals surface area contributed by atoms with Gasteiger partial charge >= 0.3 is 6.18 Å². The zero-order valence-corrected chi connectivity index (χ0v) is 16.6. The van der Waals surface area contributed by atoms with Crippen molar-refractivity contribution in [3.05, 3.63) is 65.9 Å². The summed E-state index contributed by atoms with van der Waals surface area (Å²) in [4.78, 5) is 11.7. The van der Waals surface area contributed by atoms with E-state index >= 15 is 0 Å². The van der Waals surface area contributed by atoms with E-state index in [1.807, 2.05) is 63.4 Å². The van der Waals surface area contributed by atoms with E-state index < -0.39 is 23.9 Å². The SMILES string of the molecule is Cn1ncc2cc(C(c3ccccc3)C(C)(C)CNC(=O)CC(F)(F)F)ccc21. The van der Waals surface area contributed by atoms with E-state index in [2.05, 4.69) is 16.5 Å². The highest BCUT2D eigenvalue weighted by molar-refractivity contribution is 5.79. The summed E-state index contributed by atoms with van der Waals surface area (Å²) in [6, 6.07) is 15.8. The highest BCUT2D eigenvalue weighted by Gasteiger charge is 2.35. The van der Waals surface area contributed by atoms with Crippen LogP contribution in [0.1, 0.15) is 37.3 Å². The summed E-state index contributed by atoms with van der Waals surface area (Å²) >= 11 is 0. The first-order valence-electron chi connectivity index (χ1n) is 9.37. The van der Waals surface area contributed by atoms with E-state index in [1.165, 1.54) is 0 Å². The average Bonchev–Trinajstić information content (AvgIpc) is 3.00. The third-order valence-electron chi connectivity index (χ3n) is 5.12. The summed E-state index contributed by atoms with van der Waals surface area (Å²) in [5.41, 5.74) is 2.52. The van der Waals surface area contributed by atoms with Gasteiger partial charge in [0, 0.05) is 24.9 Å². The number of benzene rings is 2. The molecule has 1 unspecified atom stereocenters. The van der Waals surface area contributed by atoms with Crippen molar-refractivity contribution in [2.45, 2.75) is 32.4 Å². The number of hydrogen-bond donors (Lipinski definition) is 1. The van der Waals surface area contributed by atoms with Gasteiger partial charge in [0.25, 0.3) is 0 Å². The number of fused-ring (bicyclic) bond motifs is 1. The number of hydrogen-bond acceptors (Lipinski definition) is 2. The summed E-state index contributed by atoms with van der Waals surface area (Å²) in [5.74, 6) is -1.14. The Morgan fingerprint density at radius 3 is 2.45 bits per heavy atom.